The third-order valence-electron chi connectivity index (χ3n) is 3.75. The summed E-state index contributed by atoms with van der Waals surface area (Å²) >= 11 is 6.47. The topological polar surface area (TPSA) is 87.1 Å². The number of amides is 1. The van der Waals surface area contributed by atoms with E-state index in [9.17, 15) is 14.7 Å². The lowest BCUT2D eigenvalue weighted by Gasteiger charge is -2.14. The average molecular weight is 401 g/mol. The van der Waals surface area contributed by atoms with E-state index >= 15 is 0 Å². The molecule has 0 radical (unpaired) electrons. The predicted molar refractivity (Wildman–Crippen MR) is 108 cm³/mol. The van der Waals surface area contributed by atoms with Gasteiger partial charge in [0.1, 0.15) is 0 Å². The zero-order valence-electron chi connectivity index (χ0n) is 14.2. The lowest BCUT2D eigenvalue weighted by molar-refractivity contribution is -0.113. The van der Waals surface area contributed by atoms with Crippen molar-refractivity contribution in [3.8, 4) is 11.5 Å². The van der Waals surface area contributed by atoms with Gasteiger partial charge in [0, 0.05) is 0 Å². The Morgan fingerprint density at radius 1 is 1.26 bits per heavy atom. The number of rotatable bonds is 5. The number of thiocarbonyl (C=S) groups is 1. The summed E-state index contributed by atoms with van der Waals surface area (Å²) in [6, 6.07) is 10.8. The molecule has 3 rings (SSSR count). The summed E-state index contributed by atoms with van der Waals surface area (Å²) in [6.07, 6.45) is 1.67. The highest BCUT2D eigenvalue weighted by molar-refractivity contribution is 8.27. The summed E-state index contributed by atoms with van der Waals surface area (Å²) in [5.41, 5.74) is 1.33. The van der Waals surface area contributed by atoms with Gasteiger partial charge in [0.05, 0.1) is 22.8 Å². The quantitative estimate of drug-likeness (QED) is 0.580. The third-order valence-corrected chi connectivity index (χ3v) is 5.05. The number of carbonyl (C=O) groups excluding carboxylic acids is 1. The second-order valence-electron chi connectivity index (χ2n) is 5.53. The number of hydrogen-bond acceptors (Lipinski definition) is 6. The van der Waals surface area contributed by atoms with Crippen LogP contribution in [0.2, 0.25) is 0 Å². The Labute approximate surface area is 165 Å². The number of carbonyl (C=O) groups is 2. The van der Waals surface area contributed by atoms with Crippen molar-refractivity contribution in [2.45, 2.75) is 6.92 Å². The highest BCUT2D eigenvalue weighted by Crippen LogP contribution is 2.37. The summed E-state index contributed by atoms with van der Waals surface area (Å²) in [5, 5.41) is 18.8. The number of phenols is 1. The number of aromatic hydroxyl groups is 1. The standard InChI is InChI=1S/C19H15NO5S2/c1-2-25-15-9-11(3-8-14(15)21)10-16-17(22)20(19(26)27-16)13-6-4-12(5-7-13)18(23)24/h3-10,21H,2H2,1H3,(H,23,24)/b16-10-. The van der Waals surface area contributed by atoms with Crippen molar-refractivity contribution < 1.29 is 24.5 Å². The number of anilines is 1. The monoisotopic (exact) mass is 401 g/mol. The van der Waals surface area contributed by atoms with Crippen LogP contribution in [-0.2, 0) is 4.79 Å². The van der Waals surface area contributed by atoms with E-state index in [1.165, 1.54) is 23.1 Å². The van der Waals surface area contributed by atoms with Crippen LogP contribution < -0.4 is 9.64 Å². The summed E-state index contributed by atoms with van der Waals surface area (Å²) in [7, 11) is 0. The van der Waals surface area contributed by atoms with Gasteiger partial charge in [-0.15, -0.1) is 0 Å². The molecular formula is C19H15NO5S2. The molecule has 1 heterocycles. The van der Waals surface area contributed by atoms with Crippen LogP contribution in [0.25, 0.3) is 6.08 Å². The summed E-state index contributed by atoms with van der Waals surface area (Å²) in [4.78, 5) is 25.5. The molecule has 0 unspecified atom stereocenters. The number of benzene rings is 2. The van der Waals surface area contributed by atoms with Crippen LogP contribution in [-0.4, -0.2) is 33.0 Å². The molecule has 1 aliphatic heterocycles. The van der Waals surface area contributed by atoms with Gasteiger partial charge in [-0.3, -0.25) is 9.69 Å². The number of nitrogens with zero attached hydrogens (tertiary/aromatic N) is 1. The van der Waals surface area contributed by atoms with Crippen LogP contribution in [0.15, 0.2) is 47.4 Å². The Morgan fingerprint density at radius 3 is 2.59 bits per heavy atom. The molecular weight excluding hydrogens is 386 g/mol. The van der Waals surface area contributed by atoms with Gasteiger partial charge in [-0.2, -0.15) is 0 Å². The first kappa shape index (κ1) is 18.9. The maximum atomic E-state index is 12.8. The Hall–Kier alpha value is -2.84. The fourth-order valence-corrected chi connectivity index (χ4v) is 3.79. The van der Waals surface area contributed by atoms with Gasteiger partial charge in [-0.25, -0.2) is 4.79 Å². The predicted octanol–water partition coefficient (Wildman–Crippen LogP) is 3.89. The van der Waals surface area contributed by atoms with Crippen molar-refractivity contribution >= 4 is 51.9 Å². The van der Waals surface area contributed by atoms with Crippen molar-refractivity contribution in [2.24, 2.45) is 0 Å². The molecule has 2 aromatic rings. The molecule has 6 nitrogen and oxygen atoms in total. The van der Waals surface area contributed by atoms with Crippen LogP contribution in [0.4, 0.5) is 5.69 Å². The van der Waals surface area contributed by atoms with E-state index in [-0.39, 0.29) is 17.2 Å². The highest BCUT2D eigenvalue weighted by Gasteiger charge is 2.33. The number of carboxylic acids is 1. The third kappa shape index (κ3) is 3.96. The first-order valence-electron chi connectivity index (χ1n) is 7.98. The summed E-state index contributed by atoms with van der Waals surface area (Å²) < 4.78 is 5.71. The maximum absolute atomic E-state index is 12.8. The lowest BCUT2D eigenvalue weighted by Crippen LogP contribution is -2.27. The van der Waals surface area contributed by atoms with Crippen LogP contribution in [0.3, 0.4) is 0 Å². The first-order chi connectivity index (χ1) is 12.9. The number of hydrogen-bond donors (Lipinski definition) is 2. The van der Waals surface area contributed by atoms with E-state index in [1.807, 2.05) is 6.92 Å². The van der Waals surface area contributed by atoms with Gasteiger partial charge in [0.2, 0.25) is 0 Å². The minimum absolute atomic E-state index is 0.0278. The average Bonchev–Trinajstić information content (AvgIpc) is 2.91. The molecule has 0 atom stereocenters. The molecule has 2 N–H and O–H groups in total. The maximum Gasteiger partial charge on any atom is 0.335 e. The zero-order chi connectivity index (χ0) is 19.6. The van der Waals surface area contributed by atoms with Crippen molar-refractivity contribution in [1.82, 2.24) is 0 Å². The molecule has 0 aromatic heterocycles. The van der Waals surface area contributed by atoms with Gasteiger partial charge < -0.3 is 14.9 Å². The molecule has 0 aliphatic carbocycles. The van der Waals surface area contributed by atoms with Gasteiger partial charge in [0.25, 0.3) is 5.91 Å². The molecule has 138 valence electrons. The number of thioether (sulfide) groups is 1. The summed E-state index contributed by atoms with van der Waals surface area (Å²) in [6.45, 7) is 2.22. The van der Waals surface area contributed by atoms with E-state index in [0.717, 1.165) is 11.8 Å². The van der Waals surface area contributed by atoms with Gasteiger partial charge in [0.15, 0.2) is 15.8 Å². The van der Waals surface area contributed by atoms with Crippen LogP contribution in [0, 0.1) is 0 Å². The van der Waals surface area contributed by atoms with Crippen molar-refractivity contribution in [3.63, 3.8) is 0 Å². The largest absolute Gasteiger partial charge is 0.504 e. The van der Waals surface area contributed by atoms with Gasteiger partial charge in [-0.05, 0) is 55.0 Å². The van der Waals surface area contributed by atoms with Crippen LogP contribution >= 0.6 is 24.0 Å². The van der Waals surface area contributed by atoms with E-state index in [0.29, 0.717) is 32.8 Å². The van der Waals surface area contributed by atoms with Crippen LogP contribution in [0.1, 0.15) is 22.8 Å². The van der Waals surface area contributed by atoms with E-state index in [4.69, 9.17) is 22.1 Å². The Balaban J connectivity index is 1.88. The van der Waals surface area contributed by atoms with Crippen LogP contribution in [0.5, 0.6) is 11.5 Å². The Morgan fingerprint density at radius 2 is 1.96 bits per heavy atom. The lowest BCUT2D eigenvalue weighted by atomic mass is 10.1. The highest BCUT2D eigenvalue weighted by atomic mass is 32.2. The molecule has 1 fully saturated rings. The Kier molecular flexibility index (Phi) is 5.48. The normalized spacial score (nSPS) is 15.4. The fraction of sp³-hybridized carbons (Fsp3) is 0.105. The molecule has 0 bridgehead atoms. The second kappa shape index (κ2) is 7.81. The van der Waals surface area contributed by atoms with Crippen molar-refractivity contribution in [3.05, 3.63) is 58.5 Å². The second-order valence-corrected chi connectivity index (χ2v) is 7.21. The SMILES string of the molecule is CCOc1cc(/C=C2\SC(=S)N(c3ccc(C(=O)O)cc3)C2=O)ccc1O. The minimum Gasteiger partial charge on any atom is -0.504 e. The van der Waals surface area contributed by atoms with E-state index in [1.54, 1.807) is 30.3 Å². The van der Waals surface area contributed by atoms with Crippen molar-refractivity contribution in [2.75, 3.05) is 11.5 Å². The summed E-state index contributed by atoms with van der Waals surface area (Å²) in [5.74, 6) is -0.963. The molecule has 1 amide bonds. The minimum atomic E-state index is -1.04. The Bertz CT molecular complexity index is 953. The fourth-order valence-electron chi connectivity index (χ4n) is 2.49. The number of carboxylic acid groups (broad SMARTS) is 1. The number of phenolic OH excluding ortho intramolecular Hbond substituents is 1. The number of ether oxygens (including phenoxy) is 1. The molecule has 2 aromatic carbocycles. The number of aromatic carboxylic acids is 1. The molecule has 8 heteroatoms. The van der Waals surface area contributed by atoms with E-state index in [2.05, 4.69) is 0 Å². The molecule has 0 spiro atoms. The molecule has 1 aliphatic rings. The molecule has 27 heavy (non-hydrogen) atoms. The molecule has 0 saturated carbocycles. The van der Waals surface area contributed by atoms with Gasteiger partial charge >= 0.3 is 5.97 Å². The van der Waals surface area contributed by atoms with Gasteiger partial charge in [-0.1, -0.05) is 30.0 Å². The first-order valence-corrected chi connectivity index (χ1v) is 9.20. The van der Waals surface area contributed by atoms with Crippen molar-refractivity contribution in [1.29, 1.82) is 0 Å². The smallest absolute Gasteiger partial charge is 0.335 e. The zero-order valence-corrected chi connectivity index (χ0v) is 15.8. The van der Waals surface area contributed by atoms with E-state index < -0.39 is 5.97 Å². The molecule has 1 saturated heterocycles.